The average molecular weight is 680 g/mol. The van der Waals surface area contributed by atoms with Gasteiger partial charge in [-0.2, -0.15) is 0 Å². The number of amides is 2. The molecule has 44 heavy (non-hydrogen) atoms. The van der Waals surface area contributed by atoms with Gasteiger partial charge in [-0.25, -0.2) is 9.59 Å². The van der Waals surface area contributed by atoms with Crippen molar-refractivity contribution in [1.29, 1.82) is 0 Å². The molecular formula is C30H41N5O5S4. The van der Waals surface area contributed by atoms with Crippen LogP contribution in [0.25, 0.3) is 0 Å². The zero-order valence-electron chi connectivity index (χ0n) is 25.8. The fraction of sp³-hybridized carbons (Fsp3) is 0.567. The van der Waals surface area contributed by atoms with Gasteiger partial charge in [0.05, 0.1) is 16.0 Å². The summed E-state index contributed by atoms with van der Waals surface area (Å²) in [5.41, 5.74) is 4.50. The van der Waals surface area contributed by atoms with Crippen LogP contribution < -0.4 is 11.1 Å². The van der Waals surface area contributed by atoms with Crippen molar-refractivity contribution in [3.8, 4) is 0 Å². The quantitative estimate of drug-likeness (QED) is 0.323. The Bertz CT molecular complexity index is 1420. The molecule has 1 saturated heterocycles. The molecule has 14 heteroatoms. The average Bonchev–Trinajstić information content (AvgIpc) is 3.64. The number of carbonyl (C=O) groups excluding carboxylic acids is 2. The molecule has 2 amide bonds. The molecule has 3 aliphatic heterocycles. The van der Waals surface area contributed by atoms with E-state index in [0.29, 0.717) is 10.3 Å². The van der Waals surface area contributed by atoms with Crippen LogP contribution in [0, 0.1) is 0 Å². The number of thiophene rings is 2. The van der Waals surface area contributed by atoms with E-state index in [-0.39, 0.29) is 16.3 Å². The van der Waals surface area contributed by atoms with E-state index in [0.717, 1.165) is 64.9 Å². The van der Waals surface area contributed by atoms with Crippen molar-refractivity contribution in [3.63, 3.8) is 0 Å². The molecule has 10 nitrogen and oxygen atoms in total. The third-order valence-electron chi connectivity index (χ3n) is 7.32. The number of amidine groups is 2. The number of likely N-dealkylation sites (tertiary alicyclic amines) is 1. The van der Waals surface area contributed by atoms with E-state index in [9.17, 15) is 14.4 Å². The number of carbonyl (C=O) groups is 3. The molecule has 0 aromatic carbocycles. The maximum atomic E-state index is 12.5. The van der Waals surface area contributed by atoms with E-state index in [1.165, 1.54) is 29.5 Å². The van der Waals surface area contributed by atoms with Gasteiger partial charge in [0.15, 0.2) is 10.3 Å². The summed E-state index contributed by atoms with van der Waals surface area (Å²) in [6.45, 7) is 11.2. The van der Waals surface area contributed by atoms with Gasteiger partial charge in [-0.05, 0) is 91.0 Å². The van der Waals surface area contributed by atoms with Crippen molar-refractivity contribution in [2.45, 2.75) is 83.4 Å². The van der Waals surface area contributed by atoms with Gasteiger partial charge in [0.1, 0.15) is 10.5 Å². The molecular weight excluding hydrogens is 639 g/mol. The smallest absolute Gasteiger partial charge is 0.413 e. The molecule has 240 valence electrons. The van der Waals surface area contributed by atoms with Crippen molar-refractivity contribution in [1.82, 2.24) is 10.2 Å². The minimum atomic E-state index is -0.939. The lowest BCUT2D eigenvalue weighted by Gasteiger charge is -2.29. The number of hydrogen-bond donors (Lipinski definition) is 3. The normalized spacial score (nSPS) is 23.9. The number of aliphatic imine (C=N–C) groups is 2. The van der Waals surface area contributed by atoms with E-state index in [1.807, 2.05) is 17.9 Å². The Hall–Kier alpha value is -2.55. The Morgan fingerprint density at radius 3 is 2.05 bits per heavy atom. The van der Waals surface area contributed by atoms with Crippen LogP contribution in [0.4, 0.5) is 4.79 Å². The molecule has 5 rings (SSSR count). The first-order chi connectivity index (χ1) is 20.7. The summed E-state index contributed by atoms with van der Waals surface area (Å²) in [6, 6.07) is 7.38. The zero-order valence-corrected chi connectivity index (χ0v) is 29.1. The van der Waals surface area contributed by atoms with E-state index < -0.39 is 23.2 Å². The molecule has 2 aromatic heterocycles. The molecule has 5 heterocycles. The molecule has 2 aromatic rings. The van der Waals surface area contributed by atoms with Gasteiger partial charge in [0.2, 0.25) is 0 Å². The second-order valence-electron chi connectivity index (χ2n) is 12.2. The highest BCUT2D eigenvalue weighted by molar-refractivity contribution is 8.14. The lowest BCUT2D eigenvalue weighted by Crippen LogP contribution is -2.38. The Kier molecular flexibility index (Phi) is 11.1. The maximum Gasteiger partial charge on any atom is 0.413 e. The molecule has 2 unspecified atom stereocenters. The number of carboxylic acids is 1. The summed E-state index contributed by atoms with van der Waals surface area (Å²) in [5.74, 6) is 1.01. The lowest BCUT2D eigenvalue weighted by atomic mass is 9.97. The second kappa shape index (κ2) is 14.3. The monoisotopic (exact) mass is 679 g/mol. The topological polar surface area (TPSA) is 147 Å². The number of nitrogens with one attached hydrogen (secondary N) is 1. The summed E-state index contributed by atoms with van der Waals surface area (Å²) >= 11 is 5.86. The van der Waals surface area contributed by atoms with Gasteiger partial charge in [-0.3, -0.25) is 20.1 Å². The van der Waals surface area contributed by atoms with Crippen LogP contribution in [0.3, 0.4) is 0 Å². The van der Waals surface area contributed by atoms with Gasteiger partial charge >= 0.3 is 12.1 Å². The zero-order chi connectivity index (χ0) is 32.1. The number of rotatable bonds is 4. The van der Waals surface area contributed by atoms with Crippen LogP contribution >= 0.6 is 46.2 Å². The summed E-state index contributed by atoms with van der Waals surface area (Å²) in [5, 5.41) is 12.9. The number of carboxylic acid groups (broad SMARTS) is 1. The van der Waals surface area contributed by atoms with Crippen LogP contribution in [0.2, 0.25) is 0 Å². The number of nitrogens with zero attached hydrogens (tertiary/aromatic N) is 3. The highest BCUT2D eigenvalue weighted by Crippen LogP contribution is 2.40. The Morgan fingerprint density at radius 2 is 1.48 bits per heavy atom. The molecule has 0 aliphatic carbocycles. The number of hydrogen-bond acceptors (Lipinski definition) is 11. The molecule has 0 saturated carbocycles. The lowest BCUT2D eigenvalue weighted by molar-refractivity contribution is 0.0562. The first-order valence-electron chi connectivity index (χ1n) is 14.6. The largest absolute Gasteiger partial charge is 0.477 e. The SMILES string of the molecule is CC(C)(C)OC(=O)NC1=NC(C)(c2ccc(C(=O)O)s2)CCS1.CC1(c2ccc(C(=O)N3CCCCC3)s2)CCSC(N)=N1. The molecule has 2 atom stereocenters. The third-order valence-corrected chi connectivity index (χ3v) is 11.6. The molecule has 4 N–H and O–H groups in total. The van der Waals surface area contributed by atoms with Crippen molar-refractivity contribution >= 4 is 74.5 Å². The Balaban J connectivity index is 0.000000201. The van der Waals surface area contributed by atoms with E-state index in [4.69, 9.17) is 15.6 Å². The van der Waals surface area contributed by atoms with Gasteiger partial charge in [-0.1, -0.05) is 23.5 Å². The number of ether oxygens (including phenoxy) is 1. The minimum Gasteiger partial charge on any atom is -0.477 e. The fourth-order valence-electron chi connectivity index (χ4n) is 4.89. The van der Waals surface area contributed by atoms with E-state index in [1.54, 1.807) is 56.0 Å². The third kappa shape index (κ3) is 9.01. The van der Waals surface area contributed by atoms with Crippen LogP contribution in [0.5, 0.6) is 0 Å². The molecule has 3 aliphatic rings. The number of thioether (sulfide) groups is 2. The van der Waals surface area contributed by atoms with E-state index in [2.05, 4.69) is 28.3 Å². The summed E-state index contributed by atoms with van der Waals surface area (Å²) in [6.07, 6.45) is 4.70. The number of aromatic carboxylic acids is 1. The number of nitrogens with two attached hydrogens (primary N) is 1. The van der Waals surface area contributed by atoms with Gasteiger partial charge < -0.3 is 20.5 Å². The van der Waals surface area contributed by atoms with Crippen LogP contribution in [-0.4, -0.2) is 68.5 Å². The standard InChI is InChI=1S/C15H21N3OS2.C15H20N2O4S2/c1-15(7-10-20-14(16)17-15)12-6-5-11(21-12)13(19)18-8-3-2-4-9-18;1-14(2,3)21-13(20)16-12-17-15(4,7-8-22-12)10-6-5-9(23-10)11(18)19/h5-6H,2-4,7-10H2,1H3,(H2,16,17);5-6H,7-8H2,1-4H3,(H,18,19)(H,16,17,20). The molecule has 0 spiro atoms. The molecule has 1 fully saturated rings. The Labute approximate surface area is 275 Å². The van der Waals surface area contributed by atoms with Crippen LogP contribution in [0.1, 0.15) is 95.8 Å². The first kappa shape index (κ1) is 34.3. The van der Waals surface area contributed by atoms with E-state index >= 15 is 0 Å². The Morgan fingerprint density at radius 1 is 0.909 bits per heavy atom. The van der Waals surface area contributed by atoms with Gasteiger partial charge in [0, 0.05) is 34.3 Å². The first-order valence-corrected chi connectivity index (χ1v) is 18.2. The summed E-state index contributed by atoms with van der Waals surface area (Å²) in [4.78, 5) is 49.8. The summed E-state index contributed by atoms with van der Waals surface area (Å²) in [7, 11) is 0. The van der Waals surface area contributed by atoms with Crippen molar-refractivity contribution in [2.24, 2.45) is 15.7 Å². The van der Waals surface area contributed by atoms with Gasteiger partial charge in [0.25, 0.3) is 5.91 Å². The van der Waals surface area contributed by atoms with Crippen LogP contribution in [0.15, 0.2) is 34.3 Å². The molecule has 0 radical (unpaired) electrons. The van der Waals surface area contributed by atoms with Crippen molar-refractivity contribution < 1.29 is 24.2 Å². The fourth-order valence-corrected chi connectivity index (χ4v) is 9.04. The van der Waals surface area contributed by atoms with Crippen molar-refractivity contribution in [2.75, 3.05) is 24.6 Å². The van der Waals surface area contributed by atoms with Crippen molar-refractivity contribution in [3.05, 3.63) is 43.8 Å². The predicted octanol–water partition coefficient (Wildman–Crippen LogP) is 6.72. The number of alkyl carbamates (subject to hydrolysis) is 1. The highest BCUT2D eigenvalue weighted by Gasteiger charge is 2.34. The van der Waals surface area contributed by atoms with Gasteiger partial charge in [-0.15, -0.1) is 22.7 Å². The molecule has 0 bridgehead atoms. The maximum absolute atomic E-state index is 12.5. The highest BCUT2D eigenvalue weighted by atomic mass is 32.2. The minimum absolute atomic E-state index is 0.177. The second-order valence-corrected chi connectivity index (χ2v) is 16.6. The van der Waals surface area contributed by atoms with Crippen LogP contribution in [-0.2, 0) is 15.8 Å². The predicted molar refractivity (Wildman–Crippen MR) is 183 cm³/mol. The number of piperidine rings is 1. The summed E-state index contributed by atoms with van der Waals surface area (Å²) < 4.78 is 5.23.